The minimum absolute atomic E-state index is 0.149. The normalized spacial score (nSPS) is 21.9. The van der Waals surface area contributed by atoms with Gasteiger partial charge in [0.15, 0.2) is 0 Å². The summed E-state index contributed by atoms with van der Waals surface area (Å²) in [4.78, 5) is 12.1. The van der Waals surface area contributed by atoms with Crippen molar-refractivity contribution in [3.8, 4) is 0 Å². The third kappa shape index (κ3) is 3.90. The van der Waals surface area contributed by atoms with Crippen LogP contribution in [0.3, 0.4) is 0 Å². The van der Waals surface area contributed by atoms with Gasteiger partial charge in [0.25, 0.3) is 0 Å². The SMILES string of the molecule is CCC1(OC(=O)C(S)C(C)(C)C)CCCCC1. The average Bonchev–Trinajstić information content (AvgIpc) is 2.28. The van der Waals surface area contributed by atoms with Crippen LogP contribution in [0.25, 0.3) is 0 Å². The van der Waals surface area contributed by atoms with E-state index in [9.17, 15) is 4.79 Å². The number of thiol groups is 1. The summed E-state index contributed by atoms with van der Waals surface area (Å²) in [6.45, 7) is 8.17. The molecule has 0 N–H and O–H groups in total. The van der Waals surface area contributed by atoms with Crippen LogP contribution in [0.4, 0.5) is 0 Å². The molecule has 1 unspecified atom stereocenters. The molecule has 0 aliphatic heterocycles. The molecule has 1 atom stereocenters. The van der Waals surface area contributed by atoms with Gasteiger partial charge in [-0.25, -0.2) is 0 Å². The number of ether oxygens (including phenoxy) is 1. The molecule has 0 spiro atoms. The summed E-state index contributed by atoms with van der Waals surface area (Å²) in [6.07, 6.45) is 6.56. The molecule has 0 aromatic rings. The Balaban J connectivity index is 2.65. The summed E-state index contributed by atoms with van der Waals surface area (Å²) in [7, 11) is 0. The number of hydrogen-bond acceptors (Lipinski definition) is 3. The van der Waals surface area contributed by atoms with Crippen LogP contribution in [0.5, 0.6) is 0 Å². The van der Waals surface area contributed by atoms with Crippen molar-refractivity contribution in [3.05, 3.63) is 0 Å². The van der Waals surface area contributed by atoms with Crippen LogP contribution in [0.2, 0.25) is 0 Å². The van der Waals surface area contributed by atoms with Crippen molar-refractivity contribution in [3.63, 3.8) is 0 Å². The van der Waals surface area contributed by atoms with Crippen molar-refractivity contribution < 1.29 is 9.53 Å². The molecule has 17 heavy (non-hydrogen) atoms. The highest BCUT2D eigenvalue weighted by Crippen LogP contribution is 2.36. The Hall–Kier alpha value is -0.180. The number of carbonyl (C=O) groups is 1. The van der Waals surface area contributed by atoms with Crippen molar-refractivity contribution in [1.29, 1.82) is 0 Å². The van der Waals surface area contributed by atoms with Crippen LogP contribution < -0.4 is 0 Å². The van der Waals surface area contributed by atoms with Crippen LogP contribution in [0, 0.1) is 5.41 Å². The Morgan fingerprint density at radius 1 is 1.29 bits per heavy atom. The van der Waals surface area contributed by atoms with E-state index in [0.29, 0.717) is 0 Å². The van der Waals surface area contributed by atoms with Gasteiger partial charge in [-0.3, -0.25) is 4.79 Å². The van der Waals surface area contributed by atoms with E-state index in [1.165, 1.54) is 19.3 Å². The standard InChI is InChI=1S/C14H26O2S/c1-5-14(9-7-6-8-10-14)16-12(15)11(17)13(2,3)4/h11,17H,5-10H2,1-4H3. The Morgan fingerprint density at radius 2 is 1.82 bits per heavy atom. The van der Waals surface area contributed by atoms with Gasteiger partial charge >= 0.3 is 5.97 Å². The molecule has 1 saturated carbocycles. The van der Waals surface area contributed by atoms with Crippen molar-refractivity contribution in [1.82, 2.24) is 0 Å². The average molecular weight is 258 g/mol. The smallest absolute Gasteiger partial charge is 0.319 e. The Kier molecular flexibility index (Phi) is 4.94. The maximum absolute atomic E-state index is 12.1. The molecule has 0 amide bonds. The molecule has 2 nitrogen and oxygen atoms in total. The lowest BCUT2D eigenvalue weighted by Crippen LogP contribution is -2.41. The molecular formula is C14H26O2S. The molecule has 0 saturated heterocycles. The van der Waals surface area contributed by atoms with Gasteiger partial charge in [0.1, 0.15) is 10.9 Å². The van der Waals surface area contributed by atoms with Crippen molar-refractivity contribution >= 4 is 18.6 Å². The molecule has 1 aliphatic rings. The molecule has 3 heteroatoms. The monoisotopic (exact) mass is 258 g/mol. The van der Waals surface area contributed by atoms with Gasteiger partial charge in [-0.1, -0.05) is 34.1 Å². The minimum Gasteiger partial charge on any atom is -0.458 e. The predicted molar refractivity (Wildman–Crippen MR) is 74.4 cm³/mol. The molecule has 1 fully saturated rings. The van der Waals surface area contributed by atoms with Crippen LogP contribution in [-0.4, -0.2) is 16.8 Å². The third-order valence-corrected chi connectivity index (χ3v) is 4.76. The summed E-state index contributed by atoms with van der Waals surface area (Å²) in [5, 5.41) is -0.340. The van der Waals surface area contributed by atoms with Crippen molar-refractivity contribution in [2.45, 2.75) is 77.1 Å². The number of rotatable bonds is 3. The Bertz CT molecular complexity index is 262. The zero-order chi connectivity index (χ0) is 13.1. The maximum atomic E-state index is 12.1. The molecular weight excluding hydrogens is 232 g/mol. The van der Waals surface area contributed by atoms with Gasteiger partial charge in [0.2, 0.25) is 0 Å². The number of hydrogen-bond donors (Lipinski definition) is 1. The fraction of sp³-hybridized carbons (Fsp3) is 0.929. The number of carbonyl (C=O) groups excluding carboxylic acids is 1. The van der Waals surface area contributed by atoms with Gasteiger partial charge in [-0.15, -0.1) is 0 Å². The van der Waals surface area contributed by atoms with E-state index >= 15 is 0 Å². The zero-order valence-electron chi connectivity index (χ0n) is 11.6. The highest BCUT2D eigenvalue weighted by molar-refractivity contribution is 7.81. The summed E-state index contributed by atoms with van der Waals surface area (Å²) in [6, 6.07) is 0. The van der Waals surface area contributed by atoms with Crippen molar-refractivity contribution in [2.75, 3.05) is 0 Å². The van der Waals surface area contributed by atoms with Gasteiger partial charge in [0.05, 0.1) is 0 Å². The highest BCUT2D eigenvalue weighted by Gasteiger charge is 2.38. The van der Waals surface area contributed by atoms with Crippen LogP contribution >= 0.6 is 12.6 Å². The van der Waals surface area contributed by atoms with E-state index in [1.807, 2.05) is 20.8 Å². The first kappa shape index (κ1) is 14.9. The van der Waals surface area contributed by atoms with E-state index in [1.54, 1.807) is 0 Å². The van der Waals surface area contributed by atoms with E-state index < -0.39 is 0 Å². The first-order chi connectivity index (χ1) is 7.81. The van der Waals surface area contributed by atoms with Crippen LogP contribution in [-0.2, 0) is 9.53 Å². The van der Waals surface area contributed by atoms with E-state index in [0.717, 1.165) is 19.3 Å². The quantitative estimate of drug-likeness (QED) is 0.612. The summed E-state index contributed by atoms with van der Waals surface area (Å²) in [5.41, 5.74) is -0.356. The van der Waals surface area contributed by atoms with Gasteiger partial charge in [-0.05, 0) is 37.5 Å². The van der Waals surface area contributed by atoms with Gasteiger partial charge in [0, 0.05) is 0 Å². The predicted octanol–water partition coefficient (Wildman–Crippen LogP) is 3.99. The van der Waals surface area contributed by atoms with E-state index in [2.05, 4.69) is 19.6 Å². The van der Waals surface area contributed by atoms with Gasteiger partial charge < -0.3 is 4.74 Å². The van der Waals surface area contributed by atoms with E-state index in [4.69, 9.17) is 4.74 Å². The minimum atomic E-state index is -0.340. The molecule has 0 aromatic heterocycles. The molecule has 100 valence electrons. The lowest BCUT2D eigenvalue weighted by molar-refractivity contribution is -0.165. The molecule has 0 radical (unpaired) electrons. The molecule has 0 heterocycles. The van der Waals surface area contributed by atoms with Crippen molar-refractivity contribution in [2.24, 2.45) is 5.41 Å². The molecule has 0 aromatic carbocycles. The second-order valence-electron chi connectivity index (χ2n) is 6.29. The highest BCUT2D eigenvalue weighted by atomic mass is 32.1. The largest absolute Gasteiger partial charge is 0.458 e. The van der Waals surface area contributed by atoms with E-state index in [-0.39, 0.29) is 22.2 Å². The summed E-state index contributed by atoms with van der Waals surface area (Å²) < 4.78 is 5.80. The lowest BCUT2D eigenvalue weighted by atomic mass is 9.82. The zero-order valence-corrected chi connectivity index (χ0v) is 12.5. The molecule has 0 bridgehead atoms. The summed E-state index contributed by atoms with van der Waals surface area (Å²) >= 11 is 4.41. The van der Waals surface area contributed by atoms with Gasteiger partial charge in [-0.2, -0.15) is 12.6 Å². The Morgan fingerprint density at radius 3 is 2.24 bits per heavy atom. The first-order valence-corrected chi connectivity index (χ1v) is 7.23. The second-order valence-corrected chi connectivity index (χ2v) is 6.80. The summed E-state index contributed by atoms with van der Waals surface area (Å²) in [5.74, 6) is -0.149. The second kappa shape index (κ2) is 5.64. The molecule has 1 aliphatic carbocycles. The maximum Gasteiger partial charge on any atom is 0.319 e. The fourth-order valence-electron chi connectivity index (χ4n) is 2.35. The third-order valence-electron chi connectivity index (χ3n) is 3.77. The van der Waals surface area contributed by atoms with Crippen LogP contribution in [0.1, 0.15) is 66.2 Å². The molecule has 1 rings (SSSR count). The number of esters is 1. The Labute approximate surface area is 111 Å². The lowest BCUT2D eigenvalue weighted by Gasteiger charge is -2.38. The first-order valence-electron chi connectivity index (χ1n) is 6.72. The fourth-order valence-corrected chi connectivity index (χ4v) is 2.40. The topological polar surface area (TPSA) is 26.3 Å². The van der Waals surface area contributed by atoms with Crippen LogP contribution in [0.15, 0.2) is 0 Å².